The van der Waals surface area contributed by atoms with Gasteiger partial charge in [0.1, 0.15) is 5.75 Å². The number of aromatic amines is 1. The van der Waals surface area contributed by atoms with Crippen molar-refractivity contribution < 1.29 is 9.84 Å². The lowest BCUT2D eigenvalue weighted by Crippen LogP contribution is -2.36. The molecule has 6 heteroatoms. The molecule has 0 aliphatic rings. The van der Waals surface area contributed by atoms with Crippen LogP contribution in [0.4, 0.5) is 0 Å². The van der Waals surface area contributed by atoms with Gasteiger partial charge in [0, 0.05) is 12.1 Å². The lowest BCUT2D eigenvalue weighted by molar-refractivity contribution is 0.275. The van der Waals surface area contributed by atoms with Gasteiger partial charge in [-0.15, -0.1) is 0 Å². The number of nitrogens with zero attached hydrogens (tertiary/aromatic N) is 1. The molecular weight excluding hydrogens is 286 g/mol. The van der Waals surface area contributed by atoms with Gasteiger partial charge in [0.05, 0.1) is 30.0 Å². The van der Waals surface area contributed by atoms with Gasteiger partial charge in [-0.25, -0.2) is 4.98 Å². The molecule has 1 aromatic carbocycles. The Hall–Kier alpha value is -1.24. The average Bonchev–Trinajstić information content (AvgIpc) is 2.85. The fourth-order valence-corrected chi connectivity index (χ4v) is 3.21. The summed E-state index contributed by atoms with van der Waals surface area (Å²) in [5.41, 5.74) is 7.98. The van der Waals surface area contributed by atoms with Gasteiger partial charge in [-0.2, -0.15) is 0 Å². The number of imidazole rings is 1. The molecule has 0 aliphatic carbocycles. The molecule has 2 unspecified atom stereocenters. The van der Waals surface area contributed by atoms with Crippen LogP contribution in [0, 0.1) is 5.92 Å². The van der Waals surface area contributed by atoms with Gasteiger partial charge < -0.3 is 20.6 Å². The molecule has 0 fully saturated rings. The van der Waals surface area contributed by atoms with Gasteiger partial charge in [-0.05, 0) is 24.5 Å². The van der Waals surface area contributed by atoms with E-state index in [4.69, 9.17) is 10.5 Å². The zero-order valence-corrected chi connectivity index (χ0v) is 13.5. The van der Waals surface area contributed by atoms with Gasteiger partial charge in [0.15, 0.2) is 5.16 Å². The second-order valence-corrected chi connectivity index (χ2v) is 6.79. The Bertz CT molecular complexity index is 585. The van der Waals surface area contributed by atoms with E-state index >= 15 is 0 Å². The molecule has 0 spiro atoms. The molecule has 0 saturated heterocycles. The van der Waals surface area contributed by atoms with Crippen molar-refractivity contribution in [1.82, 2.24) is 9.97 Å². The SMILES string of the molecule is COc1ccc2nc(SC(CO)C(N)CC(C)C)[nH]c2c1. The van der Waals surface area contributed by atoms with E-state index in [9.17, 15) is 5.11 Å². The molecule has 2 atom stereocenters. The summed E-state index contributed by atoms with van der Waals surface area (Å²) in [6.45, 7) is 4.30. The minimum absolute atomic E-state index is 0.0406. The summed E-state index contributed by atoms with van der Waals surface area (Å²) in [5.74, 6) is 1.30. The first-order valence-electron chi connectivity index (χ1n) is 7.10. The van der Waals surface area contributed by atoms with E-state index in [0.29, 0.717) is 5.92 Å². The van der Waals surface area contributed by atoms with Crippen molar-refractivity contribution in [3.63, 3.8) is 0 Å². The highest BCUT2D eigenvalue weighted by Crippen LogP contribution is 2.28. The number of aliphatic hydroxyl groups excluding tert-OH is 1. The summed E-state index contributed by atoms with van der Waals surface area (Å²) < 4.78 is 5.20. The van der Waals surface area contributed by atoms with E-state index in [0.717, 1.165) is 28.4 Å². The van der Waals surface area contributed by atoms with Crippen LogP contribution in [0.25, 0.3) is 11.0 Å². The minimum atomic E-state index is -0.0603. The Morgan fingerprint density at radius 1 is 1.43 bits per heavy atom. The molecule has 0 saturated carbocycles. The van der Waals surface area contributed by atoms with Crippen LogP contribution in [0.3, 0.4) is 0 Å². The van der Waals surface area contributed by atoms with E-state index in [1.54, 1.807) is 7.11 Å². The van der Waals surface area contributed by atoms with Crippen LogP contribution in [0.15, 0.2) is 23.4 Å². The minimum Gasteiger partial charge on any atom is -0.497 e. The molecule has 21 heavy (non-hydrogen) atoms. The number of methoxy groups -OCH3 is 1. The topological polar surface area (TPSA) is 84.2 Å². The molecule has 0 amide bonds. The maximum absolute atomic E-state index is 9.57. The van der Waals surface area contributed by atoms with Crippen LogP contribution in [0.2, 0.25) is 0 Å². The van der Waals surface area contributed by atoms with Gasteiger partial charge in [-0.3, -0.25) is 0 Å². The van der Waals surface area contributed by atoms with Gasteiger partial charge in [0.2, 0.25) is 0 Å². The van der Waals surface area contributed by atoms with Crippen LogP contribution in [0.1, 0.15) is 20.3 Å². The highest BCUT2D eigenvalue weighted by atomic mass is 32.2. The predicted octanol–water partition coefficient (Wildman–Crippen LogP) is 2.40. The van der Waals surface area contributed by atoms with Gasteiger partial charge >= 0.3 is 0 Å². The number of ether oxygens (including phenoxy) is 1. The van der Waals surface area contributed by atoms with E-state index in [1.165, 1.54) is 11.8 Å². The van der Waals surface area contributed by atoms with Crippen LogP contribution in [-0.4, -0.2) is 40.1 Å². The molecule has 116 valence electrons. The number of aromatic nitrogens is 2. The summed E-state index contributed by atoms with van der Waals surface area (Å²) in [7, 11) is 1.64. The first-order valence-corrected chi connectivity index (χ1v) is 7.98. The molecule has 0 radical (unpaired) electrons. The van der Waals surface area contributed by atoms with Crippen molar-refractivity contribution in [3.8, 4) is 5.75 Å². The second kappa shape index (κ2) is 7.15. The zero-order chi connectivity index (χ0) is 15.4. The normalized spacial score (nSPS) is 14.6. The summed E-state index contributed by atoms with van der Waals surface area (Å²) >= 11 is 1.50. The van der Waals surface area contributed by atoms with Crippen molar-refractivity contribution in [2.75, 3.05) is 13.7 Å². The van der Waals surface area contributed by atoms with Crippen molar-refractivity contribution in [2.45, 2.75) is 36.7 Å². The summed E-state index contributed by atoms with van der Waals surface area (Å²) in [6, 6.07) is 5.65. The summed E-state index contributed by atoms with van der Waals surface area (Å²) in [5, 5.41) is 10.3. The van der Waals surface area contributed by atoms with Crippen molar-refractivity contribution in [3.05, 3.63) is 18.2 Å². The summed E-state index contributed by atoms with van der Waals surface area (Å²) in [4.78, 5) is 7.77. The van der Waals surface area contributed by atoms with Crippen LogP contribution >= 0.6 is 11.8 Å². The molecule has 1 aromatic heterocycles. The Balaban J connectivity index is 2.13. The molecule has 5 nitrogen and oxygen atoms in total. The molecular formula is C15H23N3O2S. The molecule has 1 heterocycles. The lowest BCUT2D eigenvalue weighted by Gasteiger charge is -2.21. The number of thioether (sulfide) groups is 1. The monoisotopic (exact) mass is 309 g/mol. The number of rotatable bonds is 7. The van der Waals surface area contributed by atoms with Crippen molar-refractivity contribution in [1.29, 1.82) is 0 Å². The molecule has 4 N–H and O–H groups in total. The Morgan fingerprint density at radius 3 is 2.81 bits per heavy atom. The Labute approximate surface area is 129 Å². The van der Waals surface area contributed by atoms with E-state index in [2.05, 4.69) is 23.8 Å². The maximum Gasteiger partial charge on any atom is 0.166 e. The van der Waals surface area contributed by atoms with Crippen LogP contribution < -0.4 is 10.5 Å². The molecule has 0 aliphatic heterocycles. The number of benzene rings is 1. The fraction of sp³-hybridized carbons (Fsp3) is 0.533. The third-order valence-corrected chi connectivity index (χ3v) is 4.55. The highest BCUT2D eigenvalue weighted by Gasteiger charge is 2.21. The Kier molecular flexibility index (Phi) is 5.50. The number of hydrogen-bond donors (Lipinski definition) is 3. The number of aliphatic hydroxyl groups is 1. The van der Waals surface area contributed by atoms with Crippen LogP contribution in [-0.2, 0) is 0 Å². The number of hydrogen-bond acceptors (Lipinski definition) is 5. The van der Waals surface area contributed by atoms with E-state index in [-0.39, 0.29) is 17.9 Å². The molecule has 2 aromatic rings. The lowest BCUT2D eigenvalue weighted by atomic mass is 10.0. The third-order valence-electron chi connectivity index (χ3n) is 3.33. The quantitative estimate of drug-likeness (QED) is 0.684. The molecule has 0 bridgehead atoms. The largest absolute Gasteiger partial charge is 0.497 e. The predicted molar refractivity (Wildman–Crippen MR) is 86.8 cm³/mol. The van der Waals surface area contributed by atoms with Gasteiger partial charge in [0.25, 0.3) is 0 Å². The zero-order valence-electron chi connectivity index (χ0n) is 12.7. The highest BCUT2D eigenvalue weighted by molar-refractivity contribution is 7.99. The average molecular weight is 309 g/mol. The molecule has 2 rings (SSSR count). The Morgan fingerprint density at radius 2 is 2.19 bits per heavy atom. The number of nitrogens with two attached hydrogens (primary N) is 1. The summed E-state index contributed by atoms with van der Waals surface area (Å²) in [6.07, 6.45) is 0.881. The second-order valence-electron chi connectivity index (χ2n) is 5.56. The number of H-pyrrole nitrogens is 1. The third kappa shape index (κ3) is 4.12. The van der Waals surface area contributed by atoms with E-state index in [1.807, 2.05) is 18.2 Å². The number of fused-ring (bicyclic) bond motifs is 1. The van der Waals surface area contributed by atoms with Crippen LogP contribution in [0.5, 0.6) is 5.75 Å². The number of nitrogens with one attached hydrogen (secondary N) is 1. The van der Waals surface area contributed by atoms with Crippen molar-refractivity contribution >= 4 is 22.8 Å². The van der Waals surface area contributed by atoms with E-state index < -0.39 is 0 Å². The maximum atomic E-state index is 9.57. The smallest absolute Gasteiger partial charge is 0.166 e. The first-order chi connectivity index (χ1) is 10.0. The standard InChI is InChI=1S/C15H23N3O2S/c1-9(2)6-11(16)14(8-19)21-15-17-12-5-4-10(20-3)7-13(12)18-15/h4-5,7,9,11,14,19H,6,8,16H2,1-3H3,(H,17,18). The van der Waals surface area contributed by atoms with Gasteiger partial charge in [-0.1, -0.05) is 25.6 Å². The van der Waals surface area contributed by atoms with Crippen molar-refractivity contribution in [2.24, 2.45) is 11.7 Å². The first kappa shape index (κ1) is 16.1. The fourth-order valence-electron chi connectivity index (χ4n) is 2.25.